The Hall–Kier alpha value is -1.94. The Labute approximate surface area is 123 Å². The number of aromatic hydroxyl groups is 1. The number of phenolic OH excluding ortho intramolecular Hbond substituents is 1. The lowest BCUT2D eigenvalue weighted by Crippen LogP contribution is -2.25. The van der Waals surface area contributed by atoms with Gasteiger partial charge >= 0.3 is 0 Å². The van der Waals surface area contributed by atoms with Crippen LogP contribution in [-0.4, -0.2) is 11.7 Å². The molecule has 0 aliphatic carbocycles. The normalized spacial score (nSPS) is 12.3. The quantitative estimate of drug-likeness (QED) is 0.844. The summed E-state index contributed by atoms with van der Waals surface area (Å²) in [7, 11) is 0. The number of rotatable bonds is 6. The Morgan fingerprint density at radius 3 is 2.48 bits per heavy atom. The molecule has 0 spiro atoms. The van der Waals surface area contributed by atoms with Crippen molar-refractivity contribution < 1.29 is 13.9 Å². The Kier molecular flexibility index (Phi) is 5.28. The van der Waals surface area contributed by atoms with Crippen molar-refractivity contribution in [3.05, 3.63) is 65.2 Å². The maximum atomic E-state index is 14.0. The summed E-state index contributed by atoms with van der Waals surface area (Å²) in [5.41, 5.74) is 1.28. The van der Waals surface area contributed by atoms with Gasteiger partial charge in [0, 0.05) is 11.6 Å². The summed E-state index contributed by atoms with van der Waals surface area (Å²) in [5.74, 6) is -0.669. The molecule has 0 amide bonds. The first-order valence-corrected chi connectivity index (χ1v) is 7.06. The zero-order valence-electron chi connectivity index (χ0n) is 11.9. The van der Waals surface area contributed by atoms with E-state index >= 15 is 0 Å². The number of phenols is 1. The van der Waals surface area contributed by atoms with Gasteiger partial charge in [-0.15, -0.1) is 0 Å². The maximum Gasteiger partial charge on any atom is 0.128 e. The highest BCUT2D eigenvalue weighted by molar-refractivity contribution is 5.29. The second kappa shape index (κ2) is 7.18. The van der Waals surface area contributed by atoms with Gasteiger partial charge in [0.2, 0.25) is 0 Å². The zero-order chi connectivity index (χ0) is 15.2. The highest BCUT2D eigenvalue weighted by atomic mass is 19.1. The van der Waals surface area contributed by atoms with Gasteiger partial charge in [-0.2, -0.15) is 0 Å². The highest BCUT2D eigenvalue weighted by Crippen LogP contribution is 2.23. The van der Waals surface area contributed by atoms with E-state index < -0.39 is 11.6 Å². The first kappa shape index (κ1) is 15.4. The smallest absolute Gasteiger partial charge is 0.128 e. The van der Waals surface area contributed by atoms with E-state index in [0.717, 1.165) is 30.7 Å². The summed E-state index contributed by atoms with van der Waals surface area (Å²) in [4.78, 5) is 0. The summed E-state index contributed by atoms with van der Waals surface area (Å²) in [5, 5.41) is 12.6. The Bertz CT molecular complexity index is 584. The lowest BCUT2D eigenvalue weighted by atomic mass is 9.98. The molecule has 0 aliphatic heterocycles. The van der Waals surface area contributed by atoms with Gasteiger partial charge in [0.1, 0.15) is 17.4 Å². The summed E-state index contributed by atoms with van der Waals surface area (Å²) >= 11 is 0. The molecule has 112 valence electrons. The monoisotopic (exact) mass is 291 g/mol. The molecule has 0 fully saturated rings. The van der Waals surface area contributed by atoms with Crippen LogP contribution in [0, 0.1) is 11.6 Å². The molecule has 0 heterocycles. The van der Waals surface area contributed by atoms with E-state index in [0.29, 0.717) is 12.0 Å². The Balaban J connectivity index is 2.25. The van der Waals surface area contributed by atoms with Crippen molar-refractivity contribution in [1.29, 1.82) is 0 Å². The lowest BCUT2D eigenvalue weighted by Gasteiger charge is -2.20. The van der Waals surface area contributed by atoms with E-state index in [1.165, 1.54) is 6.07 Å². The molecule has 1 unspecified atom stereocenters. The van der Waals surface area contributed by atoms with E-state index in [1.54, 1.807) is 24.3 Å². The minimum absolute atomic E-state index is 0.189. The summed E-state index contributed by atoms with van der Waals surface area (Å²) in [6, 6.07) is 9.97. The highest BCUT2D eigenvalue weighted by Gasteiger charge is 2.16. The van der Waals surface area contributed by atoms with Crippen LogP contribution >= 0.6 is 0 Å². The van der Waals surface area contributed by atoms with Crippen molar-refractivity contribution in [2.24, 2.45) is 0 Å². The molecular formula is C17H19F2NO. The van der Waals surface area contributed by atoms with E-state index in [9.17, 15) is 13.9 Å². The van der Waals surface area contributed by atoms with Crippen LogP contribution in [0.2, 0.25) is 0 Å². The summed E-state index contributed by atoms with van der Waals surface area (Å²) < 4.78 is 27.4. The molecule has 0 bridgehead atoms. The van der Waals surface area contributed by atoms with Gasteiger partial charge < -0.3 is 10.4 Å². The molecule has 4 heteroatoms. The molecule has 2 aromatic carbocycles. The van der Waals surface area contributed by atoms with E-state index in [-0.39, 0.29) is 11.8 Å². The summed E-state index contributed by atoms with van der Waals surface area (Å²) in [6.07, 6.45) is 1.43. The second-order valence-corrected chi connectivity index (χ2v) is 5.04. The predicted molar refractivity (Wildman–Crippen MR) is 79.2 cm³/mol. The predicted octanol–water partition coefficient (Wildman–Crippen LogP) is 3.95. The molecule has 0 aliphatic rings. The number of hydrogen-bond acceptors (Lipinski definition) is 2. The maximum absolute atomic E-state index is 14.0. The SMILES string of the molecule is CCCNC(Cc1ccc(O)cc1)c1cc(F)ccc1F. The van der Waals surface area contributed by atoms with Crippen molar-refractivity contribution in [2.75, 3.05) is 6.54 Å². The number of hydrogen-bond donors (Lipinski definition) is 2. The Morgan fingerprint density at radius 1 is 1.10 bits per heavy atom. The largest absolute Gasteiger partial charge is 0.508 e. The van der Waals surface area contributed by atoms with E-state index in [4.69, 9.17) is 0 Å². The van der Waals surface area contributed by atoms with Crippen molar-refractivity contribution in [3.8, 4) is 5.75 Å². The van der Waals surface area contributed by atoms with Crippen LogP contribution in [0.5, 0.6) is 5.75 Å². The van der Waals surface area contributed by atoms with Gasteiger partial charge in [0.05, 0.1) is 0 Å². The average molecular weight is 291 g/mol. The molecule has 0 aromatic heterocycles. The van der Waals surface area contributed by atoms with Crippen LogP contribution in [0.3, 0.4) is 0 Å². The summed E-state index contributed by atoms with van der Waals surface area (Å²) in [6.45, 7) is 2.74. The van der Waals surface area contributed by atoms with Gasteiger partial charge in [0.15, 0.2) is 0 Å². The molecule has 2 aromatic rings. The number of nitrogens with one attached hydrogen (secondary N) is 1. The van der Waals surface area contributed by atoms with Crippen molar-refractivity contribution >= 4 is 0 Å². The van der Waals surface area contributed by atoms with E-state index in [1.807, 2.05) is 6.92 Å². The molecule has 0 radical (unpaired) electrons. The third-order valence-electron chi connectivity index (χ3n) is 3.35. The van der Waals surface area contributed by atoms with Gasteiger partial charge in [-0.25, -0.2) is 8.78 Å². The fourth-order valence-corrected chi connectivity index (χ4v) is 2.26. The average Bonchev–Trinajstić information content (AvgIpc) is 2.48. The standard InChI is InChI=1S/C17H19F2NO/c1-2-9-20-17(10-12-3-6-14(21)7-4-12)15-11-13(18)5-8-16(15)19/h3-8,11,17,20-21H,2,9-10H2,1H3. The fraction of sp³-hybridized carbons (Fsp3) is 0.294. The second-order valence-electron chi connectivity index (χ2n) is 5.04. The third kappa shape index (κ3) is 4.26. The van der Waals surface area contributed by atoms with Gasteiger partial charge in [-0.3, -0.25) is 0 Å². The molecule has 2 rings (SSSR count). The molecule has 2 N–H and O–H groups in total. The Morgan fingerprint density at radius 2 is 1.81 bits per heavy atom. The number of benzene rings is 2. The van der Waals surface area contributed by atoms with Crippen molar-refractivity contribution in [2.45, 2.75) is 25.8 Å². The molecular weight excluding hydrogens is 272 g/mol. The first-order valence-electron chi connectivity index (χ1n) is 7.06. The lowest BCUT2D eigenvalue weighted by molar-refractivity contribution is 0.473. The first-order chi connectivity index (χ1) is 10.1. The minimum Gasteiger partial charge on any atom is -0.508 e. The fourth-order valence-electron chi connectivity index (χ4n) is 2.26. The van der Waals surface area contributed by atoms with Crippen LogP contribution in [-0.2, 0) is 6.42 Å². The van der Waals surface area contributed by atoms with Crippen LogP contribution in [0.15, 0.2) is 42.5 Å². The molecule has 21 heavy (non-hydrogen) atoms. The van der Waals surface area contributed by atoms with E-state index in [2.05, 4.69) is 5.32 Å². The van der Waals surface area contributed by atoms with Crippen molar-refractivity contribution in [3.63, 3.8) is 0 Å². The van der Waals surface area contributed by atoms with Gasteiger partial charge in [-0.1, -0.05) is 19.1 Å². The van der Waals surface area contributed by atoms with Crippen LogP contribution in [0.1, 0.15) is 30.5 Å². The minimum atomic E-state index is -0.444. The molecule has 0 saturated carbocycles. The molecule has 1 atom stereocenters. The van der Waals surface area contributed by atoms with Crippen molar-refractivity contribution in [1.82, 2.24) is 5.32 Å². The van der Waals surface area contributed by atoms with Gasteiger partial charge in [0.25, 0.3) is 0 Å². The van der Waals surface area contributed by atoms with Crippen LogP contribution in [0.25, 0.3) is 0 Å². The molecule has 0 saturated heterocycles. The number of halogens is 2. The third-order valence-corrected chi connectivity index (χ3v) is 3.35. The molecule has 2 nitrogen and oxygen atoms in total. The van der Waals surface area contributed by atoms with Gasteiger partial charge in [-0.05, 0) is 55.3 Å². The van der Waals surface area contributed by atoms with Crippen LogP contribution < -0.4 is 5.32 Å². The topological polar surface area (TPSA) is 32.3 Å². The van der Waals surface area contributed by atoms with Crippen LogP contribution in [0.4, 0.5) is 8.78 Å². The zero-order valence-corrected chi connectivity index (χ0v) is 11.9.